The molecular weight excluding hydrogens is 728 g/mol. The van der Waals surface area contributed by atoms with Crippen LogP contribution in [-0.2, 0) is 0 Å². The van der Waals surface area contributed by atoms with E-state index in [2.05, 4.69) is 135 Å². The van der Waals surface area contributed by atoms with Crippen LogP contribution in [0.4, 0.5) is 0 Å². The lowest BCUT2D eigenvalue weighted by Gasteiger charge is -2.07. The monoisotopic (exact) mass is 761 g/mol. The molecule has 0 bridgehead atoms. The maximum Gasteiger partial charge on any atom is 0.160 e. The van der Waals surface area contributed by atoms with Crippen LogP contribution >= 0.6 is 15.9 Å². The Kier molecular flexibility index (Phi) is 8.49. The summed E-state index contributed by atoms with van der Waals surface area (Å²) >= 11 is 3.31. The van der Waals surface area contributed by atoms with Crippen LogP contribution in [0.1, 0.15) is 0 Å². The largest absolute Gasteiger partial charge is 0.454 e. The first-order valence-electron chi connectivity index (χ1n) is 17.6. The van der Waals surface area contributed by atoms with E-state index in [9.17, 15) is 0 Å². The van der Waals surface area contributed by atoms with Crippen LogP contribution in [0, 0.1) is 7.43 Å². The summed E-state index contributed by atoms with van der Waals surface area (Å²) in [6, 6.07) is 62.6. The van der Waals surface area contributed by atoms with E-state index >= 15 is 0 Å². The van der Waals surface area contributed by atoms with Gasteiger partial charge in [0, 0.05) is 58.8 Å². The molecule has 5 heteroatoms. The average molecular weight is 763 g/mol. The molecule has 260 valence electrons. The fourth-order valence-corrected chi connectivity index (χ4v) is 7.90. The number of H-pyrrole nitrogens is 1. The molecule has 0 saturated carbocycles. The molecule has 0 aliphatic rings. The van der Waals surface area contributed by atoms with Crippen molar-refractivity contribution in [3.63, 3.8) is 0 Å². The van der Waals surface area contributed by atoms with Gasteiger partial charge in [0.25, 0.3) is 0 Å². The number of para-hydroxylation sites is 5. The summed E-state index contributed by atoms with van der Waals surface area (Å²) in [5, 5.41) is 9.58. The standard InChI is InChI=1S/C24H15NO.C18H11NO.C6H5Br.CH3/c1-2-8-16(9-3-1)25-21-12-6-4-10-17(21)19-14-15-20-18-11-5-7-13-22(18)26-24(20)23(19)25;1-3-7-15-11(5-1)13-9-10-14-12-6-2-4-8-16(12)20-18(14)17(13)19-15;7-6-4-2-1-3-5-6;/h1-15H;1-10,19H;1-5H;1H3/q;;;-1. The van der Waals surface area contributed by atoms with Crippen LogP contribution in [0.15, 0.2) is 195 Å². The molecule has 0 saturated heterocycles. The number of nitrogens with zero attached hydrogens (tertiary/aromatic N) is 1. The molecule has 0 atom stereocenters. The van der Waals surface area contributed by atoms with Crippen molar-refractivity contribution in [3.8, 4) is 5.69 Å². The van der Waals surface area contributed by atoms with E-state index in [1.54, 1.807) is 0 Å². The summed E-state index contributed by atoms with van der Waals surface area (Å²) in [6.45, 7) is 0. The SMILES string of the molecule is Brc1ccccc1.[CH3-].c1ccc(-n2c3ccccc3c3ccc4c5ccccc5oc4c32)cc1.c1ccc2c(c1)[nH]c1c2ccc2c3ccccc3oc21. The third-order valence-corrected chi connectivity index (χ3v) is 10.5. The summed E-state index contributed by atoms with van der Waals surface area (Å²) in [5.41, 5.74) is 9.46. The van der Waals surface area contributed by atoms with Crippen LogP contribution in [0.3, 0.4) is 0 Å². The highest BCUT2D eigenvalue weighted by Crippen LogP contribution is 2.40. The van der Waals surface area contributed by atoms with Crippen LogP contribution < -0.4 is 0 Å². The molecule has 0 aliphatic carbocycles. The van der Waals surface area contributed by atoms with Crippen molar-refractivity contribution < 1.29 is 8.83 Å². The minimum atomic E-state index is 0. The second kappa shape index (κ2) is 13.8. The molecule has 54 heavy (non-hydrogen) atoms. The second-order valence-corrected chi connectivity index (χ2v) is 14.0. The number of furan rings is 2. The van der Waals surface area contributed by atoms with Gasteiger partial charge in [-0.2, -0.15) is 0 Å². The molecule has 0 radical (unpaired) electrons. The molecule has 0 spiro atoms. The lowest BCUT2D eigenvalue weighted by molar-refractivity contribution is 0.671. The summed E-state index contributed by atoms with van der Waals surface area (Å²) < 4.78 is 15.8. The number of aromatic amines is 1. The predicted molar refractivity (Wildman–Crippen MR) is 232 cm³/mol. The number of hydrogen-bond donors (Lipinski definition) is 1. The Morgan fingerprint density at radius 1 is 0.407 bits per heavy atom. The van der Waals surface area contributed by atoms with Gasteiger partial charge in [0.05, 0.1) is 16.6 Å². The lowest BCUT2D eigenvalue weighted by Crippen LogP contribution is -1.93. The maximum atomic E-state index is 6.34. The summed E-state index contributed by atoms with van der Waals surface area (Å²) in [4.78, 5) is 3.49. The second-order valence-electron chi connectivity index (χ2n) is 13.1. The summed E-state index contributed by atoms with van der Waals surface area (Å²) in [7, 11) is 0. The minimum absolute atomic E-state index is 0. The minimum Gasteiger partial charge on any atom is -0.454 e. The number of benzene rings is 8. The van der Waals surface area contributed by atoms with Crippen molar-refractivity contribution in [2.75, 3.05) is 0 Å². The number of halogens is 1. The quantitative estimate of drug-likeness (QED) is 0.169. The van der Waals surface area contributed by atoms with Crippen molar-refractivity contribution in [1.29, 1.82) is 0 Å². The number of nitrogens with one attached hydrogen (secondary N) is 1. The zero-order chi connectivity index (χ0) is 35.3. The smallest absolute Gasteiger partial charge is 0.160 e. The molecular formula is C49H34BrN2O2-. The lowest BCUT2D eigenvalue weighted by atomic mass is 10.1. The summed E-state index contributed by atoms with van der Waals surface area (Å²) in [6.07, 6.45) is 0. The van der Waals surface area contributed by atoms with Gasteiger partial charge in [0.2, 0.25) is 0 Å². The van der Waals surface area contributed by atoms with Crippen molar-refractivity contribution in [2.45, 2.75) is 0 Å². The Morgan fingerprint density at radius 2 is 0.907 bits per heavy atom. The van der Waals surface area contributed by atoms with Crippen molar-refractivity contribution in [1.82, 2.24) is 9.55 Å². The molecule has 4 heterocycles. The van der Waals surface area contributed by atoms with Crippen LogP contribution in [0.5, 0.6) is 0 Å². The average Bonchev–Trinajstić information content (AvgIpc) is 3.98. The van der Waals surface area contributed by atoms with E-state index in [0.717, 1.165) is 59.8 Å². The van der Waals surface area contributed by atoms with Gasteiger partial charge in [-0.1, -0.05) is 137 Å². The first kappa shape index (κ1) is 33.3. The Morgan fingerprint density at radius 3 is 1.57 bits per heavy atom. The zero-order valence-electron chi connectivity index (χ0n) is 29.5. The van der Waals surface area contributed by atoms with Gasteiger partial charge in [-0.25, -0.2) is 0 Å². The van der Waals surface area contributed by atoms with Gasteiger partial charge in [-0.15, -0.1) is 0 Å². The highest BCUT2D eigenvalue weighted by atomic mass is 79.9. The van der Waals surface area contributed by atoms with E-state index in [4.69, 9.17) is 8.83 Å². The molecule has 12 rings (SSSR count). The molecule has 1 N–H and O–H groups in total. The van der Waals surface area contributed by atoms with E-state index in [-0.39, 0.29) is 7.43 Å². The van der Waals surface area contributed by atoms with Crippen molar-refractivity contribution in [3.05, 3.63) is 194 Å². The Bertz CT molecular complexity index is 3150. The Balaban J connectivity index is 0.000000122. The van der Waals surface area contributed by atoms with Gasteiger partial charge in [-0.3, -0.25) is 0 Å². The van der Waals surface area contributed by atoms with Crippen molar-refractivity contribution >= 4 is 103 Å². The number of rotatable bonds is 1. The molecule has 0 unspecified atom stereocenters. The fourth-order valence-electron chi connectivity index (χ4n) is 7.59. The molecule has 0 fully saturated rings. The summed E-state index contributed by atoms with van der Waals surface area (Å²) in [5.74, 6) is 0. The van der Waals surface area contributed by atoms with Gasteiger partial charge in [-0.05, 0) is 60.7 Å². The van der Waals surface area contributed by atoms with Crippen LogP contribution in [-0.4, -0.2) is 9.55 Å². The van der Waals surface area contributed by atoms with E-state index < -0.39 is 0 Å². The fraction of sp³-hybridized carbons (Fsp3) is 0. The highest BCUT2D eigenvalue weighted by molar-refractivity contribution is 9.10. The zero-order valence-corrected chi connectivity index (χ0v) is 31.0. The molecule has 0 amide bonds. The molecule has 8 aromatic carbocycles. The van der Waals surface area contributed by atoms with E-state index in [0.29, 0.717) is 0 Å². The van der Waals surface area contributed by atoms with Crippen molar-refractivity contribution in [2.24, 2.45) is 0 Å². The Labute approximate surface area is 320 Å². The molecule has 0 aliphatic heterocycles. The van der Waals surface area contributed by atoms with Gasteiger partial charge >= 0.3 is 0 Å². The topological polar surface area (TPSA) is 47.0 Å². The number of aromatic nitrogens is 2. The third kappa shape index (κ3) is 5.53. The predicted octanol–water partition coefficient (Wildman–Crippen LogP) is 14.8. The maximum absolute atomic E-state index is 6.34. The van der Waals surface area contributed by atoms with E-state index in [1.165, 1.54) is 37.8 Å². The van der Waals surface area contributed by atoms with Gasteiger partial charge < -0.3 is 25.8 Å². The van der Waals surface area contributed by atoms with Crippen LogP contribution in [0.25, 0.3) is 93.2 Å². The first-order valence-corrected chi connectivity index (χ1v) is 18.4. The first-order chi connectivity index (χ1) is 26.2. The number of fused-ring (bicyclic) bond motifs is 14. The molecule has 4 aromatic heterocycles. The molecule has 12 aromatic rings. The van der Waals surface area contributed by atoms with E-state index in [1.807, 2.05) is 72.8 Å². The molecule has 4 nitrogen and oxygen atoms in total. The number of hydrogen-bond acceptors (Lipinski definition) is 2. The van der Waals surface area contributed by atoms with Gasteiger partial charge in [0.15, 0.2) is 11.2 Å². The Hall–Kier alpha value is -6.56. The van der Waals surface area contributed by atoms with Crippen LogP contribution in [0.2, 0.25) is 0 Å². The highest BCUT2D eigenvalue weighted by Gasteiger charge is 2.18. The van der Waals surface area contributed by atoms with Gasteiger partial charge in [0.1, 0.15) is 11.2 Å². The normalized spacial score (nSPS) is 11.3. The third-order valence-electron chi connectivity index (χ3n) is 9.95.